The maximum Gasteiger partial charge on any atom is 0.323 e. The van der Waals surface area contributed by atoms with Crippen LogP contribution in [0.3, 0.4) is 0 Å². The monoisotopic (exact) mass is 218 g/mol. The Morgan fingerprint density at radius 1 is 1.56 bits per heavy atom. The number of carboxylic acid groups (broad SMARTS) is 1. The number of nitriles is 1. The molecule has 0 heterocycles. The molecule has 0 fully saturated rings. The quantitative estimate of drug-likeness (QED) is 0.836. The van der Waals surface area contributed by atoms with E-state index in [4.69, 9.17) is 10.4 Å². The minimum absolute atomic E-state index is 0.0887. The van der Waals surface area contributed by atoms with Gasteiger partial charge >= 0.3 is 5.97 Å². The van der Waals surface area contributed by atoms with Crippen LogP contribution >= 0.6 is 0 Å². The van der Waals surface area contributed by atoms with Gasteiger partial charge in [-0.3, -0.25) is 4.79 Å². The maximum absolute atomic E-state index is 10.7. The highest BCUT2D eigenvalue weighted by Gasteiger charge is 2.12. The molecule has 0 amide bonds. The number of likely N-dealkylation sites (N-methyl/N-ethyl adjacent to an activating group) is 1. The summed E-state index contributed by atoms with van der Waals surface area (Å²) < 4.78 is 0. The molecule has 84 valence electrons. The van der Waals surface area contributed by atoms with Gasteiger partial charge in [-0.15, -0.1) is 0 Å². The van der Waals surface area contributed by atoms with Gasteiger partial charge in [-0.1, -0.05) is 6.07 Å². The molecule has 4 heteroatoms. The molecule has 1 aromatic rings. The molecule has 0 radical (unpaired) electrons. The minimum Gasteiger partial charge on any atom is -0.480 e. The molecule has 0 spiro atoms. The highest BCUT2D eigenvalue weighted by molar-refractivity contribution is 5.75. The van der Waals surface area contributed by atoms with Gasteiger partial charge in [-0.05, 0) is 31.5 Å². The highest BCUT2D eigenvalue weighted by Crippen LogP contribution is 2.21. The van der Waals surface area contributed by atoms with Crippen LogP contribution in [0.4, 0.5) is 5.69 Å². The third kappa shape index (κ3) is 2.74. The van der Waals surface area contributed by atoms with Crippen molar-refractivity contribution in [1.82, 2.24) is 0 Å². The predicted molar refractivity (Wildman–Crippen MR) is 61.4 cm³/mol. The SMILES string of the molecule is CCN(CC(=O)O)c1cc(C)ccc1C#N. The number of aryl methyl sites for hydroxylation is 1. The average molecular weight is 218 g/mol. The molecular weight excluding hydrogens is 204 g/mol. The Hall–Kier alpha value is -2.02. The summed E-state index contributed by atoms with van der Waals surface area (Å²) >= 11 is 0. The van der Waals surface area contributed by atoms with Crippen LogP contribution in [0.5, 0.6) is 0 Å². The number of carbonyl (C=O) groups is 1. The Balaban J connectivity index is 3.13. The Kier molecular flexibility index (Phi) is 3.90. The lowest BCUT2D eigenvalue weighted by Crippen LogP contribution is -2.30. The van der Waals surface area contributed by atoms with E-state index >= 15 is 0 Å². The summed E-state index contributed by atoms with van der Waals surface area (Å²) in [5.41, 5.74) is 2.21. The number of benzene rings is 1. The van der Waals surface area contributed by atoms with Gasteiger partial charge in [0.15, 0.2) is 0 Å². The van der Waals surface area contributed by atoms with E-state index in [1.54, 1.807) is 11.0 Å². The van der Waals surface area contributed by atoms with Crippen molar-refractivity contribution in [3.05, 3.63) is 29.3 Å². The number of rotatable bonds is 4. The van der Waals surface area contributed by atoms with Crippen LogP contribution in [0.25, 0.3) is 0 Å². The van der Waals surface area contributed by atoms with Crippen molar-refractivity contribution in [3.63, 3.8) is 0 Å². The van der Waals surface area contributed by atoms with Crippen LogP contribution < -0.4 is 4.90 Å². The van der Waals surface area contributed by atoms with Crippen LogP contribution in [-0.4, -0.2) is 24.2 Å². The lowest BCUT2D eigenvalue weighted by atomic mass is 10.1. The first kappa shape index (κ1) is 12.1. The fourth-order valence-corrected chi connectivity index (χ4v) is 1.53. The molecule has 1 aromatic carbocycles. The van der Waals surface area contributed by atoms with Crippen molar-refractivity contribution in [2.75, 3.05) is 18.0 Å². The zero-order chi connectivity index (χ0) is 12.1. The highest BCUT2D eigenvalue weighted by atomic mass is 16.4. The fraction of sp³-hybridized carbons (Fsp3) is 0.333. The van der Waals surface area contributed by atoms with Crippen LogP contribution in [0, 0.1) is 18.3 Å². The van der Waals surface area contributed by atoms with Gasteiger partial charge in [0, 0.05) is 6.54 Å². The van der Waals surface area contributed by atoms with Gasteiger partial charge in [-0.25, -0.2) is 0 Å². The van der Waals surface area contributed by atoms with Gasteiger partial charge < -0.3 is 10.0 Å². The topological polar surface area (TPSA) is 64.3 Å². The number of hydrogen-bond acceptors (Lipinski definition) is 3. The largest absolute Gasteiger partial charge is 0.480 e. The van der Waals surface area contributed by atoms with Gasteiger partial charge in [0.05, 0.1) is 11.3 Å². The van der Waals surface area contributed by atoms with Crippen molar-refractivity contribution >= 4 is 11.7 Å². The van der Waals surface area contributed by atoms with Crippen molar-refractivity contribution in [1.29, 1.82) is 5.26 Å². The first-order valence-electron chi connectivity index (χ1n) is 5.06. The molecule has 0 aromatic heterocycles. The molecule has 0 atom stereocenters. The number of anilines is 1. The van der Waals surface area contributed by atoms with E-state index in [9.17, 15) is 4.79 Å². The smallest absolute Gasteiger partial charge is 0.323 e. The van der Waals surface area contributed by atoms with E-state index in [-0.39, 0.29) is 6.54 Å². The third-order valence-electron chi connectivity index (χ3n) is 2.32. The van der Waals surface area contributed by atoms with Gasteiger partial charge in [0.1, 0.15) is 12.6 Å². The Morgan fingerprint density at radius 3 is 2.75 bits per heavy atom. The van der Waals surface area contributed by atoms with E-state index in [2.05, 4.69) is 6.07 Å². The van der Waals surface area contributed by atoms with Gasteiger partial charge in [0.2, 0.25) is 0 Å². The van der Waals surface area contributed by atoms with Gasteiger partial charge in [0.25, 0.3) is 0 Å². The number of hydrogen-bond donors (Lipinski definition) is 1. The molecule has 0 saturated carbocycles. The molecule has 0 saturated heterocycles. The standard InChI is InChI=1S/C12H14N2O2/c1-3-14(8-12(15)16)11-6-9(2)4-5-10(11)7-13/h4-6H,3,8H2,1-2H3,(H,15,16). The molecule has 0 aliphatic rings. The molecule has 0 aliphatic carbocycles. The van der Waals surface area contributed by atoms with Crippen molar-refractivity contribution in [2.24, 2.45) is 0 Å². The normalized spacial score (nSPS) is 9.56. The summed E-state index contributed by atoms with van der Waals surface area (Å²) in [6.07, 6.45) is 0. The number of nitrogens with zero attached hydrogens (tertiary/aromatic N) is 2. The molecule has 0 unspecified atom stereocenters. The average Bonchev–Trinajstić information content (AvgIpc) is 2.25. The van der Waals surface area contributed by atoms with Crippen LogP contribution in [-0.2, 0) is 4.79 Å². The Morgan fingerprint density at radius 2 is 2.25 bits per heavy atom. The Bertz CT molecular complexity index is 435. The second-order valence-electron chi connectivity index (χ2n) is 3.54. The first-order valence-corrected chi connectivity index (χ1v) is 5.06. The first-order chi connectivity index (χ1) is 7.58. The van der Waals surface area contributed by atoms with Crippen LogP contribution in [0.2, 0.25) is 0 Å². The third-order valence-corrected chi connectivity index (χ3v) is 2.32. The summed E-state index contributed by atoms with van der Waals surface area (Å²) in [4.78, 5) is 12.4. The van der Waals surface area contributed by atoms with Crippen molar-refractivity contribution in [3.8, 4) is 6.07 Å². The van der Waals surface area contributed by atoms with E-state index in [0.29, 0.717) is 17.8 Å². The summed E-state index contributed by atoms with van der Waals surface area (Å²) in [5, 5.41) is 17.7. The fourth-order valence-electron chi connectivity index (χ4n) is 1.53. The predicted octanol–water partition coefficient (Wildman–Crippen LogP) is 1.78. The summed E-state index contributed by atoms with van der Waals surface area (Å²) in [7, 11) is 0. The molecule has 1 rings (SSSR count). The summed E-state index contributed by atoms with van der Waals surface area (Å²) in [6, 6.07) is 7.48. The van der Waals surface area contributed by atoms with E-state index in [1.807, 2.05) is 26.0 Å². The van der Waals surface area contributed by atoms with Crippen molar-refractivity contribution in [2.45, 2.75) is 13.8 Å². The molecule has 1 N–H and O–H groups in total. The van der Waals surface area contributed by atoms with E-state index in [0.717, 1.165) is 5.56 Å². The van der Waals surface area contributed by atoms with Crippen LogP contribution in [0.15, 0.2) is 18.2 Å². The number of aliphatic carboxylic acids is 1. The van der Waals surface area contributed by atoms with Crippen molar-refractivity contribution < 1.29 is 9.90 Å². The molecule has 4 nitrogen and oxygen atoms in total. The lowest BCUT2D eigenvalue weighted by molar-refractivity contribution is -0.135. The summed E-state index contributed by atoms with van der Waals surface area (Å²) in [5.74, 6) is -0.896. The molecule has 16 heavy (non-hydrogen) atoms. The molecule has 0 aliphatic heterocycles. The van der Waals surface area contributed by atoms with Crippen LogP contribution in [0.1, 0.15) is 18.1 Å². The minimum atomic E-state index is -0.896. The zero-order valence-electron chi connectivity index (χ0n) is 9.40. The van der Waals surface area contributed by atoms with Gasteiger partial charge in [-0.2, -0.15) is 5.26 Å². The molecule has 0 bridgehead atoms. The lowest BCUT2D eigenvalue weighted by Gasteiger charge is -2.22. The van der Waals surface area contributed by atoms with E-state index < -0.39 is 5.97 Å². The second kappa shape index (κ2) is 5.17. The zero-order valence-corrected chi connectivity index (χ0v) is 9.40. The Labute approximate surface area is 94.7 Å². The molecular formula is C12H14N2O2. The number of carboxylic acids is 1. The maximum atomic E-state index is 10.7. The second-order valence-corrected chi connectivity index (χ2v) is 3.54. The summed E-state index contributed by atoms with van der Waals surface area (Å²) in [6.45, 7) is 4.25. The van der Waals surface area contributed by atoms with E-state index in [1.165, 1.54) is 0 Å².